The number of carbonyl (C=O) groups is 1. The van der Waals surface area contributed by atoms with Crippen LogP contribution in [0.4, 0.5) is 0 Å². The topological polar surface area (TPSA) is 115 Å². The van der Waals surface area contributed by atoms with E-state index in [-0.39, 0.29) is 5.78 Å². The summed E-state index contributed by atoms with van der Waals surface area (Å²) in [5.74, 6) is 1.68. The molecular formula is C23H26N8O. The molecule has 0 amide bonds. The molecule has 0 aliphatic heterocycles. The summed E-state index contributed by atoms with van der Waals surface area (Å²) in [5.41, 5.74) is 3.89. The highest BCUT2D eigenvalue weighted by molar-refractivity contribution is 5.92. The van der Waals surface area contributed by atoms with Crippen LogP contribution in [0.15, 0.2) is 42.7 Å². The monoisotopic (exact) mass is 430 g/mol. The van der Waals surface area contributed by atoms with Gasteiger partial charge in [-0.05, 0) is 35.2 Å². The van der Waals surface area contributed by atoms with Crippen molar-refractivity contribution < 1.29 is 4.79 Å². The van der Waals surface area contributed by atoms with Gasteiger partial charge in [0.1, 0.15) is 5.82 Å². The Morgan fingerprint density at radius 2 is 1.91 bits per heavy atom. The normalized spacial score (nSPS) is 11.1. The summed E-state index contributed by atoms with van der Waals surface area (Å²) in [6.07, 6.45) is 7.44. The van der Waals surface area contributed by atoms with Crippen LogP contribution in [0.1, 0.15) is 61.5 Å². The number of aryl methyl sites for hydroxylation is 1. The number of hydrogen-bond donors (Lipinski definition) is 1. The lowest BCUT2D eigenvalue weighted by Gasteiger charge is -2.08. The van der Waals surface area contributed by atoms with Crippen LogP contribution >= 0.6 is 0 Å². The minimum absolute atomic E-state index is 0.00455. The van der Waals surface area contributed by atoms with Gasteiger partial charge >= 0.3 is 0 Å². The molecule has 3 aromatic heterocycles. The molecule has 0 atom stereocenters. The van der Waals surface area contributed by atoms with Crippen molar-refractivity contribution in [2.45, 2.75) is 52.5 Å². The van der Waals surface area contributed by atoms with E-state index in [1.54, 1.807) is 12.4 Å². The van der Waals surface area contributed by atoms with Crippen molar-refractivity contribution >= 4 is 5.78 Å². The van der Waals surface area contributed by atoms with Gasteiger partial charge in [-0.1, -0.05) is 44.5 Å². The van der Waals surface area contributed by atoms with Gasteiger partial charge in [0, 0.05) is 42.9 Å². The van der Waals surface area contributed by atoms with Crippen molar-refractivity contribution in [3.05, 3.63) is 59.9 Å². The molecule has 32 heavy (non-hydrogen) atoms. The molecule has 4 aromatic rings. The summed E-state index contributed by atoms with van der Waals surface area (Å²) < 4.78 is 1.88. The molecule has 9 heteroatoms. The van der Waals surface area contributed by atoms with Gasteiger partial charge in [-0.15, -0.1) is 15.3 Å². The zero-order chi connectivity index (χ0) is 22.3. The maximum absolute atomic E-state index is 12.3. The van der Waals surface area contributed by atoms with Crippen molar-refractivity contribution in [2.24, 2.45) is 0 Å². The van der Waals surface area contributed by atoms with Crippen LogP contribution in [0, 0.1) is 0 Å². The summed E-state index contributed by atoms with van der Waals surface area (Å²) in [4.78, 5) is 21.1. The molecule has 3 heterocycles. The summed E-state index contributed by atoms with van der Waals surface area (Å²) in [7, 11) is 0. The van der Waals surface area contributed by atoms with Crippen molar-refractivity contribution in [3.8, 4) is 22.5 Å². The van der Waals surface area contributed by atoms with E-state index in [0.29, 0.717) is 24.5 Å². The van der Waals surface area contributed by atoms with Gasteiger partial charge in [0.15, 0.2) is 0 Å². The Balaban J connectivity index is 1.58. The van der Waals surface area contributed by atoms with Crippen LogP contribution in [-0.2, 0) is 13.0 Å². The second-order valence-electron chi connectivity index (χ2n) is 7.63. The van der Waals surface area contributed by atoms with Crippen LogP contribution < -0.4 is 0 Å². The molecule has 0 saturated heterocycles. The highest BCUT2D eigenvalue weighted by Crippen LogP contribution is 2.29. The van der Waals surface area contributed by atoms with Gasteiger partial charge in [-0.2, -0.15) is 5.21 Å². The number of nitrogens with zero attached hydrogens (tertiary/aromatic N) is 7. The fourth-order valence-corrected chi connectivity index (χ4v) is 3.53. The fourth-order valence-electron chi connectivity index (χ4n) is 3.53. The lowest BCUT2D eigenvalue weighted by atomic mass is 9.99. The Kier molecular flexibility index (Phi) is 6.74. The van der Waals surface area contributed by atoms with Crippen LogP contribution in [-0.4, -0.2) is 46.2 Å². The zero-order valence-corrected chi connectivity index (χ0v) is 18.3. The maximum atomic E-state index is 12.3. The van der Waals surface area contributed by atoms with E-state index >= 15 is 0 Å². The summed E-state index contributed by atoms with van der Waals surface area (Å²) in [5, 5.41) is 18.8. The Bertz CT molecular complexity index is 1170. The number of Topliss-reactive ketones (excluding diaryl/α,β-unsaturated/α-hetero) is 1. The quantitative estimate of drug-likeness (QED) is 0.379. The third kappa shape index (κ3) is 4.77. The number of tetrazole rings is 1. The SMILES string of the molecule is CCCCn1nc(C(=O)CCC)nc1Cc1ccc(-c2cnccc2-c2nn[nH]n2)cc1. The first-order chi connectivity index (χ1) is 15.7. The molecule has 164 valence electrons. The first-order valence-electron chi connectivity index (χ1n) is 10.9. The number of hydrogen-bond acceptors (Lipinski definition) is 7. The van der Waals surface area contributed by atoms with E-state index in [9.17, 15) is 4.79 Å². The number of aromatic nitrogens is 8. The van der Waals surface area contributed by atoms with Crippen LogP contribution in [0.2, 0.25) is 0 Å². The Hall–Kier alpha value is -3.75. The number of ketones is 1. The Morgan fingerprint density at radius 1 is 1.06 bits per heavy atom. The minimum atomic E-state index is 0.00455. The number of H-pyrrole nitrogens is 1. The van der Waals surface area contributed by atoms with Gasteiger partial charge in [0.25, 0.3) is 0 Å². The first kappa shape index (κ1) is 21.5. The van der Waals surface area contributed by atoms with Gasteiger partial charge in [-0.3, -0.25) is 9.78 Å². The highest BCUT2D eigenvalue weighted by Gasteiger charge is 2.16. The average molecular weight is 431 g/mol. The van der Waals surface area contributed by atoms with Crippen LogP contribution in [0.5, 0.6) is 0 Å². The van der Waals surface area contributed by atoms with E-state index in [1.165, 1.54) is 0 Å². The lowest BCUT2D eigenvalue weighted by Crippen LogP contribution is -2.07. The van der Waals surface area contributed by atoms with Gasteiger partial charge in [0.2, 0.25) is 17.4 Å². The van der Waals surface area contributed by atoms with Gasteiger partial charge < -0.3 is 0 Å². The fraction of sp³-hybridized carbons (Fsp3) is 0.348. The number of nitrogens with one attached hydrogen (secondary N) is 1. The Morgan fingerprint density at radius 3 is 2.62 bits per heavy atom. The Labute approximate surface area is 186 Å². The molecule has 0 bridgehead atoms. The first-order valence-corrected chi connectivity index (χ1v) is 10.9. The van der Waals surface area contributed by atoms with E-state index in [4.69, 9.17) is 0 Å². The van der Waals surface area contributed by atoms with Gasteiger partial charge in [-0.25, -0.2) is 9.67 Å². The predicted molar refractivity (Wildman–Crippen MR) is 120 cm³/mol. The molecule has 4 rings (SSSR count). The molecule has 0 aliphatic carbocycles. The predicted octanol–water partition coefficient (Wildman–Crippen LogP) is 3.89. The standard InChI is InChI=1S/C23H26N8O/c1-3-5-13-31-21(25-23(28-31)20(32)6-4-2)14-16-7-9-17(10-8-16)19-15-24-12-11-18(19)22-26-29-30-27-22/h7-12,15H,3-6,13-14H2,1-2H3,(H,26,27,29,30). The van der Waals surface area contributed by atoms with Gasteiger partial charge in [0.05, 0.1) is 0 Å². The molecule has 0 fully saturated rings. The third-order valence-corrected chi connectivity index (χ3v) is 5.23. The molecule has 0 aliphatic rings. The highest BCUT2D eigenvalue weighted by atomic mass is 16.1. The second kappa shape index (κ2) is 10.0. The smallest absolute Gasteiger partial charge is 0.217 e. The zero-order valence-electron chi connectivity index (χ0n) is 18.3. The lowest BCUT2D eigenvalue weighted by molar-refractivity contribution is 0.0971. The minimum Gasteiger partial charge on any atom is -0.291 e. The van der Waals surface area contributed by atoms with E-state index in [1.807, 2.05) is 29.8 Å². The number of carbonyl (C=O) groups excluding carboxylic acids is 1. The number of unbranched alkanes of at least 4 members (excludes halogenated alkanes) is 1. The van der Waals surface area contributed by atoms with E-state index in [0.717, 1.165) is 53.9 Å². The molecule has 0 spiro atoms. The number of pyridine rings is 1. The molecule has 1 aromatic carbocycles. The number of aromatic amines is 1. The largest absolute Gasteiger partial charge is 0.291 e. The van der Waals surface area contributed by atoms with E-state index in [2.05, 4.69) is 54.7 Å². The third-order valence-electron chi connectivity index (χ3n) is 5.23. The molecule has 0 unspecified atom stereocenters. The maximum Gasteiger partial charge on any atom is 0.217 e. The molecule has 1 N–H and O–H groups in total. The van der Waals surface area contributed by atoms with Crippen LogP contribution in [0.25, 0.3) is 22.5 Å². The van der Waals surface area contributed by atoms with Crippen molar-refractivity contribution in [3.63, 3.8) is 0 Å². The molecule has 9 nitrogen and oxygen atoms in total. The second-order valence-corrected chi connectivity index (χ2v) is 7.63. The summed E-state index contributed by atoms with van der Waals surface area (Å²) in [6, 6.07) is 10.1. The van der Waals surface area contributed by atoms with Crippen molar-refractivity contribution in [1.29, 1.82) is 0 Å². The van der Waals surface area contributed by atoms with E-state index < -0.39 is 0 Å². The number of benzene rings is 1. The van der Waals surface area contributed by atoms with Crippen molar-refractivity contribution in [2.75, 3.05) is 0 Å². The van der Waals surface area contributed by atoms with Crippen molar-refractivity contribution in [1.82, 2.24) is 40.4 Å². The summed E-state index contributed by atoms with van der Waals surface area (Å²) >= 11 is 0. The number of rotatable bonds is 10. The molecule has 0 saturated carbocycles. The summed E-state index contributed by atoms with van der Waals surface area (Å²) in [6.45, 7) is 4.89. The average Bonchev–Trinajstić information content (AvgIpc) is 3.49. The molecule has 0 radical (unpaired) electrons. The van der Waals surface area contributed by atoms with Crippen LogP contribution in [0.3, 0.4) is 0 Å². The molecular weight excluding hydrogens is 404 g/mol.